The van der Waals surface area contributed by atoms with Gasteiger partial charge in [0, 0.05) is 16.3 Å². The van der Waals surface area contributed by atoms with Crippen molar-refractivity contribution in [3.05, 3.63) is 83.4 Å². The number of aromatic nitrogens is 3. The van der Waals surface area contributed by atoms with Gasteiger partial charge in [0.15, 0.2) is 11.0 Å². The van der Waals surface area contributed by atoms with Gasteiger partial charge in [-0.05, 0) is 91.7 Å². The van der Waals surface area contributed by atoms with Crippen LogP contribution in [0.4, 0.5) is 0 Å². The summed E-state index contributed by atoms with van der Waals surface area (Å²) in [5, 5.41) is 14.1. The SMILES string of the molecule is CCCCCOc1ccc(/C=N/NC(=O)CSc2nnc(-c3ccc(Cl)cc3)n2-c2ccc(OCC)cc2)cc1. The molecule has 10 heteroatoms. The normalized spacial score (nSPS) is 11.1. The fourth-order valence-electron chi connectivity index (χ4n) is 3.77. The molecule has 1 aromatic heterocycles. The van der Waals surface area contributed by atoms with Gasteiger partial charge in [0.1, 0.15) is 11.5 Å². The number of carbonyl (C=O) groups is 1. The molecular formula is C30H32ClN5O3S. The number of hydrogen-bond donors (Lipinski definition) is 1. The van der Waals surface area contributed by atoms with Gasteiger partial charge < -0.3 is 9.47 Å². The molecule has 0 spiro atoms. The number of unbranched alkanes of at least 4 members (excludes halogenated alkanes) is 2. The van der Waals surface area contributed by atoms with Crippen molar-refractivity contribution in [3.8, 4) is 28.6 Å². The van der Waals surface area contributed by atoms with E-state index in [-0.39, 0.29) is 11.7 Å². The summed E-state index contributed by atoms with van der Waals surface area (Å²) in [6.45, 7) is 5.40. The molecule has 40 heavy (non-hydrogen) atoms. The van der Waals surface area contributed by atoms with E-state index in [4.69, 9.17) is 21.1 Å². The fraction of sp³-hybridized carbons (Fsp3) is 0.267. The molecule has 4 rings (SSSR count). The van der Waals surface area contributed by atoms with Crippen molar-refractivity contribution in [1.82, 2.24) is 20.2 Å². The van der Waals surface area contributed by atoms with E-state index in [0.717, 1.165) is 47.6 Å². The van der Waals surface area contributed by atoms with Crippen LogP contribution in [0.3, 0.4) is 0 Å². The minimum Gasteiger partial charge on any atom is -0.494 e. The Hall–Kier alpha value is -3.82. The summed E-state index contributed by atoms with van der Waals surface area (Å²) in [4.78, 5) is 12.6. The highest BCUT2D eigenvalue weighted by atomic mass is 35.5. The van der Waals surface area contributed by atoms with E-state index in [1.807, 2.05) is 72.2 Å². The highest BCUT2D eigenvalue weighted by molar-refractivity contribution is 7.99. The number of carbonyl (C=O) groups excluding carboxylic acids is 1. The summed E-state index contributed by atoms with van der Waals surface area (Å²) >= 11 is 7.36. The van der Waals surface area contributed by atoms with Crippen LogP contribution >= 0.6 is 23.4 Å². The Kier molecular flexibility index (Phi) is 11.0. The molecule has 1 N–H and O–H groups in total. The first kappa shape index (κ1) is 29.2. The Morgan fingerprint density at radius 1 is 0.950 bits per heavy atom. The monoisotopic (exact) mass is 577 g/mol. The van der Waals surface area contributed by atoms with Crippen molar-refractivity contribution in [1.29, 1.82) is 0 Å². The van der Waals surface area contributed by atoms with E-state index >= 15 is 0 Å². The number of amides is 1. The van der Waals surface area contributed by atoms with Gasteiger partial charge in [-0.2, -0.15) is 5.10 Å². The van der Waals surface area contributed by atoms with Crippen molar-refractivity contribution >= 4 is 35.5 Å². The molecule has 0 bridgehead atoms. The second-order valence-corrected chi connectivity index (χ2v) is 10.2. The number of benzene rings is 3. The molecule has 0 unspecified atom stereocenters. The maximum atomic E-state index is 12.6. The van der Waals surface area contributed by atoms with Crippen LogP contribution in [0.1, 0.15) is 38.7 Å². The Labute approximate surface area is 243 Å². The summed E-state index contributed by atoms with van der Waals surface area (Å²) in [5.74, 6) is 2.08. The average molecular weight is 578 g/mol. The van der Waals surface area contributed by atoms with Crippen LogP contribution in [-0.4, -0.2) is 45.9 Å². The predicted octanol–water partition coefficient (Wildman–Crippen LogP) is 6.80. The third kappa shape index (κ3) is 8.34. The smallest absolute Gasteiger partial charge is 0.250 e. The van der Waals surface area contributed by atoms with E-state index in [1.165, 1.54) is 11.8 Å². The summed E-state index contributed by atoms with van der Waals surface area (Å²) in [5.41, 5.74) is 5.13. The number of ether oxygens (including phenoxy) is 2. The summed E-state index contributed by atoms with van der Waals surface area (Å²) in [6, 6.07) is 22.6. The number of nitrogens with zero attached hydrogens (tertiary/aromatic N) is 4. The summed E-state index contributed by atoms with van der Waals surface area (Å²) < 4.78 is 13.2. The standard InChI is InChI=1S/C30H32ClN5O3S/c1-3-5-6-19-39-27-15-7-22(8-16-27)20-32-33-28(37)21-40-30-35-34-29(23-9-11-24(31)12-10-23)36(30)25-13-17-26(18-14-25)38-4-2/h7-18,20H,3-6,19,21H2,1-2H3,(H,33,37)/b32-20+. The van der Waals surface area contributed by atoms with Crippen LogP contribution in [0.15, 0.2) is 83.1 Å². The second-order valence-electron chi connectivity index (χ2n) is 8.78. The number of hydrazone groups is 1. The lowest BCUT2D eigenvalue weighted by molar-refractivity contribution is -0.118. The largest absolute Gasteiger partial charge is 0.494 e. The molecule has 0 aliphatic carbocycles. The summed E-state index contributed by atoms with van der Waals surface area (Å²) in [7, 11) is 0. The highest BCUT2D eigenvalue weighted by Crippen LogP contribution is 2.29. The number of halogens is 1. The van der Waals surface area contributed by atoms with Crippen molar-refractivity contribution < 1.29 is 14.3 Å². The zero-order valence-corrected chi connectivity index (χ0v) is 24.1. The van der Waals surface area contributed by atoms with Gasteiger partial charge in [0.05, 0.1) is 25.2 Å². The van der Waals surface area contributed by atoms with Crippen LogP contribution in [0.5, 0.6) is 11.5 Å². The lowest BCUT2D eigenvalue weighted by Gasteiger charge is -2.11. The molecular weight excluding hydrogens is 546 g/mol. The zero-order valence-electron chi connectivity index (χ0n) is 22.5. The van der Waals surface area contributed by atoms with Gasteiger partial charge in [-0.15, -0.1) is 10.2 Å². The molecule has 0 radical (unpaired) electrons. The van der Waals surface area contributed by atoms with Crippen molar-refractivity contribution in [3.63, 3.8) is 0 Å². The van der Waals surface area contributed by atoms with Gasteiger partial charge in [0.2, 0.25) is 0 Å². The Bertz CT molecular complexity index is 1390. The van der Waals surface area contributed by atoms with Crippen molar-refractivity contribution in [2.75, 3.05) is 19.0 Å². The molecule has 1 heterocycles. The lowest BCUT2D eigenvalue weighted by Crippen LogP contribution is -2.20. The van der Waals surface area contributed by atoms with Gasteiger partial charge in [-0.1, -0.05) is 43.1 Å². The van der Waals surface area contributed by atoms with Crippen molar-refractivity contribution in [2.24, 2.45) is 5.10 Å². The zero-order chi connectivity index (χ0) is 28.2. The highest BCUT2D eigenvalue weighted by Gasteiger charge is 2.17. The van der Waals surface area contributed by atoms with E-state index in [9.17, 15) is 4.79 Å². The molecule has 208 valence electrons. The number of hydrogen-bond acceptors (Lipinski definition) is 7. The Morgan fingerprint density at radius 2 is 1.65 bits per heavy atom. The number of rotatable bonds is 14. The first-order valence-corrected chi connectivity index (χ1v) is 14.6. The average Bonchev–Trinajstić information content (AvgIpc) is 3.40. The maximum Gasteiger partial charge on any atom is 0.250 e. The minimum absolute atomic E-state index is 0.109. The molecule has 0 saturated heterocycles. The van der Waals surface area contributed by atoms with Gasteiger partial charge in [-0.25, -0.2) is 5.43 Å². The van der Waals surface area contributed by atoms with Crippen LogP contribution in [0.25, 0.3) is 17.1 Å². The quantitative estimate of drug-likeness (QED) is 0.0767. The van der Waals surface area contributed by atoms with Crippen LogP contribution < -0.4 is 14.9 Å². The first-order valence-electron chi connectivity index (χ1n) is 13.2. The molecule has 0 aliphatic rings. The molecule has 4 aromatic rings. The van der Waals surface area contributed by atoms with E-state index in [2.05, 4.69) is 27.6 Å². The van der Waals surface area contributed by atoms with E-state index in [1.54, 1.807) is 18.3 Å². The topological polar surface area (TPSA) is 90.6 Å². The third-order valence-corrected chi connectivity index (χ3v) is 6.95. The minimum atomic E-state index is -0.258. The van der Waals surface area contributed by atoms with Gasteiger partial charge in [-0.3, -0.25) is 9.36 Å². The number of nitrogens with one attached hydrogen (secondary N) is 1. The third-order valence-electron chi connectivity index (χ3n) is 5.77. The molecule has 8 nitrogen and oxygen atoms in total. The Balaban J connectivity index is 1.39. The first-order chi connectivity index (χ1) is 19.6. The molecule has 0 fully saturated rings. The molecule has 0 aliphatic heterocycles. The maximum absolute atomic E-state index is 12.6. The van der Waals surface area contributed by atoms with Crippen LogP contribution in [0, 0.1) is 0 Å². The second kappa shape index (κ2) is 15.1. The van der Waals surface area contributed by atoms with E-state index in [0.29, 0.717) is 29.2 Å². The molecule has 3 aromatic carbocycles. The lowest BCUT2D eigenvalue weighted by atomic mass is 10.2. The Morgan fingerprint density at radius 3 is 2.35 bits per heavy atom. The summed E-state index contributed by atoms with van der Waals surface area (Å²) in [6.07, 6.45) is 4.97. The predicted molar refractivity (Wildman–Crippen MR) is 161 cm³/mol. The fourth-order valence-corrected chi connectivity index (χ4v) is 4.64. The molecule has 1 amide bonds. The van der Waals surface area contributed by atoms with Gasteiger partial charge in [0.25, 0.3) is 5.91 Å². The van der Waals surface area contributed by atoms with Crippen LogP contribution in [0.2, 0.25) is 5.02 Å². The van der Waals surface area contributed by atoms with Crippen LogP contribution in [-0.2, 0) is 4.79 Å². The molecule has 0 saturated carbocycles. The number of thioether (sulfide) groups is 1. The van der Waals surface area contributed by atoms with Crippen molar-refractivity contribution in [2.45, 2.75) is 38.3 Å². The van der Waals surface area contributed by atoms with E-state index < -0.39 is 0 Å². The van der Waals surface area contributed by atoms with Gasteiger partial charge >= 0.3 is 0 Å². The molecule has 0 atom stereocenters.